The van der Waals surface area contributed by atoms with Gasteiger partial charge in [0.05, 0.1) is 34.1 Å². The molecule has 2 aromatic heterocycles. The van der Waals surface area contributed by atoms with Gasteiger partial charge in [0.2, 0.25) is 0 Å². The van der Waals surface area contributed by atoms with Crippen LogP contribution in [0.4, 0.5) is 16.2 Å². The number of nitrogens with zero attached hydrogens (tertiary/aromatic N) is 4. The summed E-state index contributed by atoms with van der Waals surface area (Å²) in [6, 6.07) is 7.96. The Morgan fingerprint density at radius 3 is 2.62 bits per heavy atom. The summed E-state index contributed by atoms with van der Waals surface area (Å²) in [4.78, 5) is 18.3. The van der Waals surface area contributed by atoms with Crippen molar-refractivity contribution in [1.29, 1.82) is 0 Å². The summed E-state index contributed by atoms with van der Waals surface area (Å²) >= 11 is 0. The molecule has 3 aromatic rings. The van der Waals surface area contributed by atoms with Crippen molar-refractivity contribution in [3.8, 4) is 0 Å². The van der Waals surface area contributed by atoms with Crippen molar-refractivity contribution < 1.29 is 17.9 Å². The number of hydrogen-bond donors (Lipinski definition) is 2. The molecule has 3 heterocycles. The van der Waals surface area contributed by atoms with Crippen molar-refractivity contribution in [3.63, 3.8) is 0 Å². The van der Waals surface area contributed by atoms with Crippen molar-refractivity contribution in [2.45, 2.75) is 43.7 Å². The Hall–Kier alpha value is -3.34. The van der Waals surface area contributed by atoms with E-state index < -0.39 is 15.6 Å². The standard InChI is InChI=1S/C21H26N6O4S/c1-21(2,3)31-20(28)26-10-9-14(13-26)25-18-16-11-24-27(19(16)23-12-17(18)22)32(29,30)15-7-5-4-6-8-15/h4-8,11-12,14H,9-10,13,22H2,1-3H3,(H,23,25)/t14-/m0/s1. The number of amides is 1. The van der Waals surface area contributed by atoms with Gasteiger partial charge in [0.15, 0.2) is 5.65 Å². The lowest BCUT2D eigenvalue weighted by Crippen LogP contribution is -2.36. The number of carbonyl (C=O) groups excluding carboxylic acids is 1. The van der Waals surface area contributed by atoms with E-state index >= 15 is 0 Å². The molecule has 0 unspecified atom stereocenters. The molecule has 10 nitrogen and oxygen atoms in total. The molecule has 0 spiro atoms. The number of hydrogen-bond acceptors (Lipinski definition) is 8. The van der Waals surface area contributed by atoms with Crippen LogP contribution in [-0.4, -0.2) is 58.3 Å². The summed E-state index contributed by atoms with van der Waals surface area (Å²) in [7, 11) is -3.91. The highest BCUT2D eigenvalue weighted by Crippen LogP contribution is 2.31. The zero-order valence-electron chi connectivity index (χ0n) is 18.1. The van der Waals surface area contributed by atoms with Crippen molar-refractivity contribution in [3.05, 3.63) is 42.7 Å². The lowest BCUT2D eigenvalue weighted by molar-refractivity contribution is 0.0293. The normalized spacial score (nSPS) is 17.0. The Morgan fingerprint density at radius 2 is 1.94 bits per heavy atom. The first kappa shape index (κ1) is 21.9. The van der Waals surface area contributed by atoms with E-state index in [9.17, 15) is 13.2 Å². The molecule has 1 aromatic carbocycles. The number of anilines is 2. The average molecular weight is 459 g/mol. The molecule has 4 rings (SSSR count). The second-order valence-electron chi connectivity index (χ2n) is 8.69. The quantitative estimate of drug-likeness (QED) is 0.610. The van der Waals surface area contributed by atoms with Gasteiger partial charge in [-0.1, -0.05) is 18.2 Å². The third kappa shape index (κ3) is 4.20. The molecule has 1 saturated heterocycles. The Morgan fingerprint density at radius 1 is 1.22 bits per heavy atom. The Bertz CT molecular complexity index is 1250. The summed E-state index contributed by atoms with van der Waals surface area (Å²) in [6.07, 6.45) is 3.17. The maximum absolute atomic E-state index is 13.0. The summed E-state index contributed by atoms with van der Waals surface area (Å²) < 4.78 is 32.4. The van der Waals surface area contributed by atoms with Gasteiger partial charge in [-0.3, -0.25) is 0 Å². The molecule has 1 aliphatic heterocycles. The molecule has 3 N–H and O–H groups in total. The average Bonchev–Trinajstić information content (AvgIpc) is 3.37. The van der Waals surface area contributed by atoms with E-state index in [1.54, 1.807) is 23.1 Å². The van der Waals surface area contributed by atoms with Crippen LogP contribution in [0.3, 0.4) is 0 Å². The number of nitrogens with two attached hydrogens (primary N) is 1. The predicted molar refractivity (Wildman–Crippen MR) is 121 cm³/mol. The number of fused-ring (bicyclic) bond motifs is 1. The van der Waals surface area contributed by atoms with Crippen molar-refractivity contribution in [2.24, 2.45) is 0 Å². The number of rotatable bonds is 4. The highest BCUT2D eigenvalue weighted by molar-refractivity contribution is 7.90. The molecular formula is C21H26N6O4S. The number of benzene rings is 1. The van der Waals surface area contributed by atoms with Crippen LogP contribution in [0.5, 0.6) is 0 Å². The molecule has 1 fully saturated rings. The van der Waals surface area contributed by atoms with Crippen molar-refractivity contribution in [2.75, 3.05) is 24.1 Å². The van der Waals surface area contributed by atoms with Crippen LogP contribution in [0.15, 0.2) is 47.6 Å². The van der Waals surface area contributed by atoms with Crippen LogP contribution in [0.25, 0.3) is 11.0 Å². The van der Waals surface area contributed by atoms with Gasteiger partial charge in [-0.05, 0) is 39.3 Å². The zero-order chi connectivity index (χ0) is 23.1. The number of ether oxygens (including phenoxy) is 1. The van der Waals surface area contributed by atoms with Gasteiger partial charge in [0, 0.05) is 19.1 Å². The number of pyridine rings is 1. The topological polar surface area (TPSA) is 132 Å². The molecule has 1 aliphatic rings. The predicted octanol–water partition coefficient (Wildman–Crippen LogP) is 2.67. The molecular weight excluding hydrogens is 432 g/mol. The van der Waals surface area contributed by atoms with Crippen LogP contribution >= 0.6 is 0 Å². The number of nitrogens with one attached hydrogen (secondary N) is 1. The summed E-state index contributed by atoms with van der Waals surface area (Å²) in [5.74, 6) is 0. The molecule has 32 heavy (non-hydrogen) atoms. The van der Waals surface area contributed by atoms with Gasteiger partial charge in [0.1, 0.15) is 5.60 Å². The lowest BCUT2D eigenvalue weighted by Gasteiger charge is -2.24. The van der Waals surface area contributed by atoms with E-state index in [-0.39, 0.29) is 22.7 Å². The third-order valence-electron chi connectivity index (χ3n) is 5.05. The Labute approximate surface area is 186 Å². The van der Waals surface area contributed by atoms with Crippen LogP contribution in [0.2, 0.25) is 0 Å². The fraction of sp³-hybridized carbons (Fsp3) is 0.381. The first-order chi connectivity index (χ1) is 15.1. The molecule has 170 valence electrons. The molecule has 0 aliphatic carbocycles. The van der Waals surface area contributed by atoms with Gasteiger partial charge >= 0.3 is 6.09 Å². The lowest BCUT2D eigenvalue weighted by atomic mass is 10.2. The number of carbonyl (C=O) groups is 1. The minimum absolute atomic E-state index is 0.0792. The molecule has 0 saturated carbocycles. The molecule has 11 heteroatoms. The number of likely N-dealkylation sites (tertiary alicyclic amines) is 1. The molecule has 1 atom stereocenters. The molecule has 0 radical (unpaired) electrons. The van der Waals surface area contributed by atoms with E-state index in [1.807, 2.05) is 20.8 Å². The van der Waals surface area contributed by atoms with Crippen LogP contribution in [-0.2, 0) is 14.8 Å². The Kier molecular flexibility index (Phi) is 5.45. The van der Waals surface area contributed by atoms with Crippen LogP contribution in [0.1, 0.15) is 27.2 Å². The Balaban J connectivity index is 1.60. The SMILES string of the molecule is CC(C)(C)OC(=O)N1CC[C@H](Nc2c(N)cnc3c2cnn3S(=O)(=O)c2ccccc2)C1. The second-order valence-corrected chi connectivity index (χ2v) is 10.5. The van der Waals surface area contributed by atoms with Crippen LogP contribution in [0, 0.1) is 0 Å². The molecule has 0 bridgehead atoms. The van der Waals surface area contributed by atoms with Gasteiger partial charge in [-0.25, -0.2) is 9.78 Å². The van der Waals surface area contributed by atoms with E-state index in [0.29, 0.717) is 36.3 Å². The third-order valence-corrected chi connectivity index (χ3v) is 6.65. The number of aromatic nitrogens is 3. The van der Waals surface area contributed by atoms with Gasteiger partial charge in [-0.2, -0.15) is 13.5 Å². The maximum atomic E-state index is 13.0. The minimum atomic E-state index is -3.91. The monoisotopic (exact) mass is 458 g/mol. The van der Waals surface area contributed by atoms with Crippen LogP contribution < -0.4 is 11.1 Å². The molecule has 1 amide bonds. The van der Waals surface area contributed by atoms with E-state index in [2.05, 4.69) is 15.4 Å². The zero-order valence-corrected chi connectivity index (χ0v) is 19.0. The summed E-state index contributed by atoms with van der Waals surface area (Å²) in [6.45, 7) is 6.46. The van der Waals surface area contributed by atoms with Gasteiger partial charge in [-0.15, -0.1) is 4.09 Å². The van der Waals surface area contributed by atoms with Crippen molar-refractivity contribution >= 4 is 38.5 Å². The first-order valence-corrected chi connectivity index (χ1v) is 11.7. The fourth-order valence-electron chi connectivity index (χ4n) is 3.58. The maximum Gasteiger partial charge on any atom is 0.410 e. The van der Waals surface area contributed by atoms with E-state index in [0.717, 1.165) is 4.09 Å². The fourth-order valence-corrected chi connectivity index (χ4v) is 4.82. The smallest absolute Gasteiger partial charge is 0.410 e. The second kappa shape index (κ2) is 7.97. The van der Waals surface area contributed by atoms with E-state index in [1.165, 1.54) is 24.5 Å². The van der Waals surface area contributed by atoms with Gasteiger partial charge < -0.3 is 20.7 Å². The minimum Gasteiger partial charge on any atom is -0.444 e. The van der Waals surface area contributed by atoms with Crippen molar-refractivity contribution in [1.82, 2.24) is 19.1 Å². The summed E-state index contributed by atoms with van der Waals surface area (Å²) in [5.41, 5.74) is 6.67. The largest absolute Gasteiger partial charge is 0.444 e. The summed E-state index contributed by atoms with van der Waals surface area (Å²) in [5, 5.41) is 7.92. The highest BCUT2D eigenvalue weighted by atomic mass is 32.2. The first-order valence-electron chi connectivity index (χ1n) is 10.2. The highest BCUT2D eigenvalue weighted by Gasteiger charge is 2.31. The van der Waals surface area contributed by atoms with Gasteiger partial charge in [0.25, 0.3) is 10.0 Å². The number of nitrogen functional groups attached to an aromatic ring is 1. The van der Waals surface area contributed by atoms with E-state index in [4.69, 9.17) is 10.5 Å².